The minimum atomic E-state index is -0.276. The number of rotatable bonds is 3. The molecule has 0 aromatic heterocycles. The van der Waals surface area contributed by atoms with Crippen LogP contribution in [0.5, 0.6) is 11.5 Å². The second-order valence-corrected chi connectivity index (χ2v) is 4.94. The molecule has 3 rings (SSSR count). The fourth-order valence-corrected chi connectivity index (χ4v) is 2.97. The van der Waals surface area contributed by atoms with E-state index in [-0.39, 0.29) is 18.1 Å². The maximum Gasteiger partial charge on any atom is 0.161 e. The summed E-state index contributed by atoms with van der Waals surface area (Å²) in [4.78, 5) is 0. The van der Waals surface area contributed by atoms with E-state index in [4.69, 9.17) is 14.2 Å². The van der Waals surface area contributed by atoms with Gasteiger partial charge in [-0.1, -0.05) is 0 Å². The monoisotopic (exact) mass is 250 g/mol. The highest BCUT2D eigenvalue weighted by molar-refractivity contribution is 5.52. The first kappa shape index (κ1) is 11.8. The molecule has 1 aromatic carbocycles. The molecule has 1 aromatic rings. The largest absolute Gasteiger partial charge is 0.493 e. The first-order chi connectivity index (χ1) is 8.75. The van der Waals surface area contributed by atoms with Crippen LogP contribution in [0.2, 0.25) is 0 Å². The van der Waals surface area contributed by atoms with Crippen molar-refractivity contribution < 1.29 is 19.3 Å². The van der Waals surface area contributed by atoms with Gasteiger partial charge in [-0.2, -0.15) is 0 Å². The van der Waals surface area contributed by atoms with Crippen LogP contribution in [0.1, 0.15) is 17.5 Å². The van der Waals surface area contributed by atoms with Crippen LogP contribution in [-0.2, 0) is 16.8 Å². The zero-order valence-electron chi connectivity index (χ0n) is 10.7. The second-order valence-electron chi connectivity index (χ2n) is 4.94. The Labute approximate surface area is 106 Å². The Hall–Kier alpha value is -1.26. The lowest BCUT2D eigenvalue weighted by molar-refractivity contribution is 0.0000642. The predicted molar refractivity (Wildman–Crippen MR) is 66.1 cm³/mol. The summed E-state index contributed by atoms with van der Waals surface area (Å²) in [7, 11) is 3.28. The molecule has 0 bridgehead atoms. The Kier molecular flexibility index (Phi) is 2.72. The van der Waals surface area contributed by atoms with Gasteiger partial charge in [-0.25, -0.2) is 0 Å². The van der Waals surface area contributed by atoms with Crippen molar-refractivity contribution in [3.63, 3.8) is 0 Å². The van der Waals surface area contributed by atoms with Gasteiger partial charge in [-0.05, 0) is 36.1 Å². The zero-order chi connectivity index (χ0) is 12.8. The molecule has 1 heterocycles. The van der Waals surface area contributed by atoms with Crippen molar-refractivity contribution >= 4 is 0 Å². The molecule has 1 N–H and O–H groups in total. The summed E-state index contributed by atoms with van der Waals surface area (Å²) in [5, 5.41) is 9.34. The minimum Gasteiger partial charge on any atom is -0.493 e. The van der Waals surface area contributed by atoms with Gasteiger partial charge >= 0.3 is 0 Å². The number of fused-ring (bicyclic) bond motifs is 2. The van der Waals surface area contributed by atoms with Crippen LogP contribution in [0.15, 0.2) is 12.1 Å². The number of hydrogen-bond acceptors (Lipinski definition) is 4. The molecule has 4 heteroatoms. The van der Waals surface area contributed by atoms with Crippen LogP contribution in [0, 0.1) is 5.92 Å². The third-order valence-corrected chi connectivity index (χ3v) is 4.07. The second kappa shape index (κ2) is 4.14. The topological polar surface area (TPSA) is 47.9 Å². The van der Waals surface area contributed by atoms with Crippen molar-refractivity contribution in [3.05, 3.63) is 23.3 Å². The van der Waals surface area contributed by atoms with Crippen molar-refractivity contribution in [2.75, 3.05) is 27.4 Å². The van der Waals surface area contributed by atoms with E-state index in [0.29, 0.717) is 6.61 Å². The lowest BCUT2D eigenvalue weighted by atomic mass is 9.93. The van der Waals surface area contributed by atoms with Crippen molar-refractivity contribution in [1.82, 2.24) is 0 Å². The van der Waals surface area contributed by atoms with Crippen molar-refractivity contribution in [2.24, 2.45) is 5.92 Å². The fourth-order valence-electron chi connectivity index (χ4n) is 2.97. The average molecular weight is 250 g/mol. The van der Waals surface area contributed by atoms with Crippen LogP contribution in [0.4, 0.5) is 0 Å². The van der Waals surface area contributed by atoms with Gasteiger partial charge < -0.3 is 19.3 Å². The maximum absolute atomic E-state index is 9.34. The number of aliphatic hydroxyl groups is 1. The average Bonchev–Trinajstić information content (AvgIpc) is 3.12. The maximum atomic E-state index is 9.34. The van der Waals surface area contributed by atoms with Gasteiger partial charge in [-0.15, -0.1) is 0 Å². The quantitative estimate of drug-likeness (QED) is 0.883. The smallest absolute Gasteiger partial charge is 0.161 e. The molecule has 0 radical (unpaired) electrons. The molecule has 1 aliphatic heterocycles. The molecule has 2 aliphatic rings. The Morgan fingerprint density at radius 2 is 2.06 bits per heavy atom. The number of aliphatic hydroxyl groups excluding tert-OH is 1. The van der Waals surface area contributed by atoms with Gasteiger partial charge in [0, 0.05) is 12.5 Å². The van der Waals surface area contributed by atoms with Gasteiger partial charge in [0.1, 0.15) is 0 Å². The van der Waals surface area contributed by atoms with Crippen molar-refractivity contribution in [1.29, 1.82) is 0 Å². The highest BCUT2D eigenvalue weighted by atomic mass is 16.5. The molecule has 2 atom stereocenters. The Balaban J connectivity index is 2.07. The predicted octanol–water partition coefficient (Wildman–Crippen LogP) is 1.48. The third kappa shape index (κ3) is 1.52. The fraction of sp³-hybridized carbons (Fsp3) is 0.571. The van der Waals surface area contributed by atoms with E-state index in [0.717, 1.165) is 29.9 Å². The number of methoxy groups -OCH3 is 2. The highest BCUT2D eigenvalue weighted by Gasteiger charge is 2.58. The molecule has 98 valence electrons. The van der Waals surface area contributed by atoms with Crippen LogP contribution < -0.4 is 9.47 Å². The number of hydrogen-bond donors (Lipinski definition) is 1. The summed E-state index contributed by atoms with van der Waals surface area (Å²) in [5.74, 6) is 1.70. The summed E-state index contributed by atoms with van der Waals surface area (Å²) >= 11 is 0. The summed E-state index contributed by atoms with van der Waals surface area (Å²) < 4.78 is 16.6. The van der Waals surface area contributed by atoms with Gasteiger partial charge in [0.05, 0.1) is 26.4 Å². The van der Waals surface area contributed by atoms with Gasteiger partial charge in [0.2, 0.25) is 0 Å². The summed E-state index contributed by atoms with van der Waals surface area (Å²) in [6.07, 6.45) is 1.78. The lowest BCUT2D eigenvalue weighted by Gasteiger charge is -2.28. The molecule has 18 heavy (non-hydrogen) atoms. The van der Waals surface area contributed by atoms with Crippen molar-refractivity contribution in [3.8, 4) is 11.5 Å². The normalized spacial score (nSPS) is 28.9. The van der Waals surface area contributed by atoms with E-state index in [2.05, 4.69) is 0 Å². The molecule has 4 nitrogen and oxygen atoms in total. The standard InChI is InChI=1S/C14H18O4/c1-16-12-5-9-3-4-18-14(7-10(14)8-15)11(9)6-13(12)17-2/h5-6,10,15H,3-4,7-8H2,1-2H3. The van der Waals surface area contributed by atoms with E-state index >= 15 is 0 Å². The Morgan fingerprint density at radius 1 is 1.33 bits per heavy atom. The van der Waals surface area contributed by atoms with Crippen LogP contribution in [0.3, 0.4) is 0 Å². The van der Waals surface area contributed by atoms with Gasteiger partial charge in [0.25, 0.3) is 0 Å². The van der Waals surface area contributed by atoms with E-state index < -0.39 is 0 Å². The van der Waals surface area contributed by atoms with Gasteiger partial charge in [0.15, 0.2) is 11.5 Å². The number of benzene rings is 1. The van der Waals surface area contributed by atoms with E-state index in [9.17, 15) is 5.11 Å². The first-order valence-corrected chi connectivity index (χ1v) is 6.25. The lowest BCUT2D eigenvalue weighted by Crippen LogP contribution is -2.25. The molecular weight excluding hydrogens is 232 g/mol. The summed E-state index contributed by atoms with van der Waals surface area (Å²) in [5.41, 5.74) is 2.13. The summed E-state index contributed by atoms with van der Waals surface area (Å²) in [6.45, 7) is 0.882. The van der Waals surface area contributed by atoms with E-state index in [1.54, 1.807) is 14.2 Å². The van der Waals surface area contributed by atoms with Crippen LogP contribution >= 0.6 is 0 Å². The molecule has 0 saturated heterocycles. The molecule has 2 unspecified atom stereocenters. The summed E-state index contributed by atoms with van der Waals surface area (Å²) in [6, 6.07) is 4.04. The Morgan fingerprint density at radius 3 is 2.67 bits per heavy atom. The molecule has 1 aliphatic carbocycles. The first-order valence-electron chi connectivity index (χ1n) is 6.25. The minimum absolute atomic E-state index is 0.174. The third-order valence-electron chi connectivity index (χ3n) is 4.07. The number of ether oxygens (including phenoxy) is 3. The van der Waals surface area contributed by atoms with Gasteiger partial charge in [-0.3, -0.25) is 0 Å². The molecule has 1 fully saturated rings. The van der Waals surface area contributed by atoms with Crippen LogP contribution in [0.25, 0.3) is 0 Å². The zero-order valence-corrected chi connectivity index (χ0v) is 10.7. The Bertz CT molecular complexity index is 471. The molecule has 1 saturated carbocycles. The van der Waals surface area contributed by atoms with Crippen LogP contribution in [-0.4, -0.2) is 32.5 Å². The molecule has 1 spiro atoms. The SMILES string of the molecule is COc1cc2c(cc1OC)C1(CC1CO)OCC2. The highest BCUT2D eigenvalue weighted by Crippen LogP contribution is 2.58. The van der Waals surface area contributed by atoms with Crippen molar-refractivity contribution in [2.45, 2.75) is 18.4 Å². The molecular formula is C14H18O4. The van der Waals surface area contributed by atoms with E-state index in [1.807, 2.05) is 12.1 Å². The molecule has 0 amide bonds. The van der Waals surface area contributed by atoms with E-state index in [1.165, 1.54) is 5.56 Å².